The Hall–Kier alpha value is -2.53. The molecular weight excluding hydrogens is 326 g/mol. The van der Waals surface area contributed by atoms with E-state index >= 15 is 0 Å². The fourth-order valence-electron chi connectivity index (χ4n) is 2.95. The standard InChI is InChI=1S/C21H27N3O2/c1-3-16-26-20-10-4-17(5-11-20)21(25)22-18-6-8-19(9-7-18)24-14-12-23(2)13-15-24/h4-11H,3,12-16H2,1-2H3,(H,22,25). The highest BCUT2D eigenvalue weighted by molar-refractivity contribution is 6.04. The number of amides is 1. The molecule has 0 atom stereocenters. The number of anilines is 2. The topological polar surface area (TPSA) is 44.8 Å². The van der Waals surface area contributed by atoms with E-state index in [1.54, 1.807) is 12.1 Å². The number of nitrogens with zero attached hydrogens (tertiary/aromatic N) is 2. The summed E-state index contributed by atoms with van der Waals surface area (Å²) < 4.78 is 5.55. The molecule has 5 nitrogen and oxygen atoms in total. The molecule has 0 bridgehead atoms. The first kappa shape index (κ1) is 18.3. The van der Waals surface area contributed by atoms with Gasteiger partial charge in [-0.1, -0.05) is 6.92 Å². The van der Waals surface area contributed by atoms with E-state index in [4.69, 9.17) is 4.74 Å². The van der Waals surface area contributed by atoms with Crippen molar-refractivity contribution < 1.29 is 9.53 Å². The molecule has 3 rings (SSSR count). The van der Waals surface area contributed by atoms with Crippen LogP contribution in [0.1, 0.15) is 23.7 Å². The maximum Gasteiger partial charge on any atom is 0.255 e. The molecular formula is C21H27N3O2. The van der Waals surface area contributed by atoms with Crippen molar-refractivity contribution >= 4 is 17.3 Å². The molecule has 1 saturated heterocycles. The zero-order valence-corrected chi connectivity index (χ0v) is 15.6. The Morgan fingerprint density at radius 3 is 2.27 bits per heavy atom. The number of carbonyl (C=O) groups is 1. The molecule has 0 radical (unpaired) electrons. The largest absolute Gasteiger partial charge is 0.494 e. The van der Waals surface area contributed by atoms with Crippen molar-refractivity contribution in [1.29, 1.82) is 0 Å². The molecule has 26 heavy (non-hydrogen) atoms. The van der Waals surface area contributed by atoms with E-state index in [0.29, 0.717) is 12.2 Å². The van der Waals surface area contributed by atoms with Crippen LogP contribution < -0.4 is 15.0 Å². The molecule has 2 aromatic carbocycles. The van der Waals surface area contributed by atoms with Crippen molar-refractivity contribution in [2.24, 2.45) is 0 Å². The molecule has 1 heterocycles. The zero-order chi connectivity index (χ0) is 18.4. The minimum absolute atomic E-state index is 0.112. The maximum absolute atomic E-state index is 12.4. The van der Waals surface area contributed by atoms with Gasteiger partial charge in [0.25, 0.3) is 5.91 Å². The number of nitrogens with one attached hydrogen (secondary N) is 1. The van der Waals surface area contributed by atoms with E-state index in [-0.39, 0.29) is 5.91 Å². The smallest absolute Gasteiger partial charge is 0.255 e. The molecule has 5 heteroatoms. The van der Waals surface area contributed by atoms with E-state index < -0.39 is 0 Å². The van der Waals surface area contributed by atoms with Gasteiger partial charge >= 0.3 is 0 Å². The summed E-state index contributed by atoms with van der Waals surface area (Å²) in [6.07, 6.45) is 0.965. The lowest BCUT2D eigenvalue weighted by Gasteiger charge is -2.34. The van der Waals surface area contributed by atoms with Crippen LogP contribution in [-0.2, 0) is 0 Å². The number of hydrogen-bond donors (Lipinski definition) is 1. The molecule has 1 fully saturated rings. The van der Waals surface area contributed by atoms with Gasteiger partial charge in [0.05, 0.1) is 6.61 Å². The Bertz CT molecular complexity index is 705. The minimum atomic E-state index is -0.112. The molecule has 0 spiro atoms. The number of rotatable bonds is 6. The third-order valence-corrected chi connectivity index (χ3v) is 4.58. The molecule has 0 aliphatic carbocycles. The summed E-state index contributed by atoms with van der Waals surface area (Å²) in [5.74, 6) is 0.680. The Morgan fingerprint density at radius 1 is 1.00 bits per heavy atom. The van der Waals surface area contributed by atoms with Crippen molar-refractivity contribution in [1.82, 2.24) is 4.90 Å². The second-order valence-corrected chi connectivity index (χ2v) is 6.66. The lowest BCUT2D eigenvalue weighted by molar-refractivity contribution is 0.102. The second-order valence-electron chi connectivity index (χ2n) is 6.66. The minimum Gasteiger partial charge on any atom is -0.494 e. The Balaban J connectivity index is 1.57. The van der Waals surface area contributed by atoms with Gasteiger partial charge in [-0.2, -0.15) is 0 Å². The predicted molar refractivity (Wildman–Crippen MR) is 106 cm³/mol. The van der Waals surface area contributed by atoms with Gasteiger partial charge in [0.2, 0.25) is 0 Å². The van der Waals surface area contributed by atoms with Crippen LogP contribution in [0.5, 0.6) is 5.75 Å². The molecule has 138 valence electrons. The van der Waals surface area contributed by atoms with Crippen molar-refractivity contribution in [2.45, 2.75) is 13.3 Å². The number of ether oxygens (including phenoxy) is 1. The lowest BCUT2D eigenvalue weighted by Crippen LogP contribution is -2.44. The Morgan fingerprint density at radius 2 is 1.65 bits per heavy atom. The molecule has 1 N–H and O–H groups in total. The SMILES string of the molecule is CCCOc1ccc(C(=O)Nc2ccc(N3CCN(C)CC3)cc2)cc1. The number of carbonyl (C=O) groups excluding carboxylic acids is 1. The van der Waals surface area contributed by atoms with Crippen molar-refractivity contribution in [2.75, 3.05) is 50.1 Å². The van der Waals surface area contributed by atoms with Gasteiger partial charge in [0.15, 0.2) is 0 Å². The van der Waals surface area contributed by atoms with Crippen molar-refractivity contribution in [3.63, 3.8) is 0 Å². The van der Waals surface area contributed by atoms with E-state index in [9.17, 15) is 4.79 Å². The van der Waals surface area contributed by atoms with Crippen LogP contribution in [0.2, 0.25) is 0 Å². The highest BCUT2D eigenvalue weighted by atomic mass is 16.5. The van der Waals surface area contributed by atoms with Crippen LogP contribution in [-0.4, -0.2) is 50.6 Å². The first-order valence-corrected chi connectivity index (χ1v) is 9.23. The number of likely N-dealkylation sites (N-methyl/N-ethyl adjacent to an activating group) is 1. The Kier molecular flexibility index (Phi) is 6.12. The molecule has 0 aromatic heterocycles. The fraction of sp³-hybridized carbons (Fsp3) is 0.381. The molecule has 0 unspecified atom stereocenters. The van der Waals surface area contributed by atoms with Gasteiger partial charge in [-0.3, -0.25) is 4.79 Å². The fourth-order valence-corrected chi connectivity index (χ4v) is 2.95. The normalized spacial score (nSPS) is 14.9. The first-order chi connectivity index (χ1) is 12.7. The highest BCUT2D eigenvalue weighted by Gasteiger charge is 2.14. The van der Waals surface area contributed by atoms with E-state index in [2.05, 4.69) is 41.2 Å². The molecule has 1 amide bonds. The Labute approximate surface area is 155 Å². The second kappa shape index (κ2) is 8.72. The highest BCUT2D eigenvalue weighted by Crippen LogP contribution is 2.20. The van der Waals surface area contributed by atoms with Crippen LogP contribution in [0, 0.1) is 0 Å². The van der Waals surface area contributed by atoms with Gasteiger partial charge in [0, 0.05) is 43.1 Å². The third-order valence-electron chi connectivity index (χ3n) is 4.58. The third kappa shape index (κ3) is 4.76. The van der Waals surface area contributed by atoms with E-state index in [1.807, 2.05) is 24.3 Å². The maximum atomic E-state index is 12.4. The van der Waals surface area contributed by atoms with Gasteiger partial charge in [-0.05, 0) is 62.0 Å². The quantitative estimate of drug-likeness (QED) is 0.864. The molecule has 1 aliphatic rings. The number of benzene rings is 2. The molecule has 1 aliphatic heterocycles. The number of hydrogen-bond acceptors (Lipinski definition) is 4. The summed E-state index contributed by atoms with van der Waals surface area (Å²) in [6, 6.07) is 15.3. The number of piperazine rings is 1. The van der Waals surface area contributed by atoms with Crippen LogP contribution in [0.15, 0.2) is 48.5 Å². The average molecular weight is 353 g/mol. The van der Waals surface area contributed by atoms with Crippen molar-refractivity contribution in [3.05, 3.63) is 54.1 Å². The summed E-state index contributed by atoms with van der Waals surface area (Å²) in [5.41, 5.74) is 2.63. The van der Waals surface area contributed by atoms with Crippen LogP contribution >= 0.6 is 0 Å². The molecule has 2 aromatic rings. The van der Waals surface area contributed by atoms with Crippen molar-refractivity contribution in [3.8, 4) is 5.75 Å². The average Bonchev–Trinajstić information content (AvgIpc) is 2.68. The molecule has 0 saturated carbocycles. The van der Waals surface area contributed by atoms with E-state index in [1.165, 1.54) is 5.69 Å². The van der Waals surface area contributed by atoms with Crippen LogP contribution in [0.4, 0.5) is 11.4 Å². The summed E-state index contributed by atoms with van der Waals surface area (Å²) in [4.78, 5) is 17.1. The van der Waals surface area contributed by atoms with Crippen LogP contribution in [0.25, 0.3) is 0 Å². The van der Waals surface area contributed by atoms with Gasteiger partial charge < -0.3 is 19.9 Å². The van der Waals surface area contributed by atoms with Gasteiger partial charge in [0.1, 0.15) is 5.75 Å². The summed E-state index contributed by atoms with van der Waals surface area (Å²) >= 11 is 0. The van der Waals surface area contributed by atoms with Gasteiger partial charge in [-0.25, -0.2) is 0 Å². The monoisotopic (exact) mass is 353 g/mol. The zero-order valence-electron chi connectivity index (χ0n) is 15.6. The first-order valence-electron chi connectivity index (χ1n) is 9.23. The summed E-state index contributed by atoms with van der Waals surface area (Å²) in [7, 11) is 2.15. The van der Waals surface area contributed by atoms with Crippen LogP contribution in [0.3, 0.4) is 0 Å². The predicted octanol–water partition coefficient (Wildman–Crippen LogP) is 3.48. The lowest BCUT2D eigenvalue weighted by atomic mass is 10.2. The summed E-state index contributed by atoms with van der Waals surface area (Å²) in [6.45, 7) is 6.98. The van der Waals surface area contributed by atoms with E-state index in [0.717, 1.165) is 44.0 Å². The van der Waals surface area contributed by atoms with Gasteiger partial charge in [-0.15, -0.1) is 0 Å². The summed E-state index contributed by atoms with van der Waals surface area (Å²) in [5, 5.41) is 2.95.